The van der Waals surface area contributed by atoms with E-state index >= 15 is 0 Å². The van der Waals surface area contributed by atoms with E-state index in [0.29, 0.717) is 0 Å². The van der Waals surface area contributed by atoms with E-state index in [9.17, 15) is 9.50 Å². The maximum absolute atomic E-state index is 12.9. The SMILES string of the molecule is O[C@H]1CCC[NH+](Cc2cccc(F)c2)C1. The van der Waals surface area contributed by atoms with Crippen molar-refractivity contribution >= 4 is 0 Å². The number of hydrogen-bond acceptors (Lipinski definition) is 1. The van der Waals surface area contributed by atoms with Crippen LogP contribution < -0.4 is 4.90 Å². The molecule has 3 heteroatoms. The van der Waals surface area contributed by atoms with Gasteiger partial charge in [0.05, 0.1) is 6.54 Å². The minimum atomic E-state index is -0.178. The Kier molecular flexibility index (Phi) is 3.34. The summed E-state index contributed by atoms with van der Waals surface area (Å²) >= 11 is 0. The van der Waals surface area contributed by atoms with Crippen LogP contribution in [-0.2, 0) is 6.54 Å². The lowest BCUT2D eigenvalue weighted by molar-refractivity contribution is -0.921. The van der Waals surface area contributed by atoms with Gasteiger partial charge in [-0.15, -0.1) is 0 Å². The van der Waals surface area contributed by atoms with Crippen molar-refractivity contribution in [3.63, 3.8) is 0 Å². The van der Waals surface area contributed by atoms with Gasteiger partial charge in [-0.25, -0.2) is 4.39 Å². The molecule has 1 heterocycles. The predicted octanol–water partition coefficient (Wildman–Crippen LogP) is 0.365. The summed E-state index contributed by atoms with van der Waals surface area (Å²) in [5.74, 6) is -0.176. The lowest BCUT2D eigenvalue weighted by atomic mass is 10.1. The zero-order valence-electron chi connectivity index (χ0n) is 8.75. The lowest BCUT2D eigenvalue weighted by Gasteiger charge is -2.27. The second kappa shape index (κ2) is 4.73. The smallest absolute Gasteiger partial charge is 0.123 e. The summed E-state index contributed by atoms with van der Waals surface area (Å²) in [7, 11) is 0. The quantitative estimate of drug-likeness (QED) is 0.724. The highest BCUT2D eigenvalue weighted by atomic mass is 19.1. The highest BCUT2D eigenvalue weighted by Crippen LogP contribution is 2.03. The van der Waals surface area contributed by atoms with Crippen LogP contribution in [0.5, 0.6) is 0 Å². The fraction of sp³-hybridized carbons (Fsp3) is 0.500. The molecule has 0 amide bonds. The number of quaternary nitrogens is 1. The van der Waals surface area contributed by atoms with Gasteiger partial charge in [0.2, 0.25) is 0 Å². The number of halogens is 1. The van der Waals surface area contributed by atoms with Gasteiger partial charge in [-0.3, -0.25) is 0 Å². The first-order chi connectivity index (χ1) is 7.24. The molecule has 15 heavy (non-hydrogen) atoms. The van der Waals surface area contributed by atoms with E-state index in [2.05, 4.69) is 0 Å². The van der Waals surface area contributed by atoms with Crippen molar-refractivity contribution in [2.75, 3.05) is 13.1 Å². The van der Waals surface area contributed by atoms with Crippen LogP contribution in [0.3, 0.4) is 0 Å². The Morgan fingerprint density at radius 3 is 3.07 bits per heavy atom. The molecule has 1 aliphatic heterocycles. The molecule has 0 spiro atoms. The highest BCUT2D eigenvalue weighted by Gasteiger charge is 2.20. The largest absolute Gasteiger partial charge is 0.387 e. The van der Waals surface area contributed by atoms with E-state index in [1.165, 1.54) is 11.0 Å². The minimum Gasteiger partial charge on any atom is -0.387 e. The van der Waals surface area contributed by atoms with Gasteiger partial charge in [-0.2, -0.15) is 0 Å². The normalized spacial score (nSPS) is 26.5. The summed E-state index contributed by atoms with van der Waals surface area (Å²) in [5, 5.41) is 9.52. The van der Waals surface area contributed by atoms with Crippen LogP contribution in [0.4, 0.5) is 4.39 Å². The molecule has 82 valence electrons. The van der Waals surface area contributed by atoms with Crippen LogP contribution in [0.1, 0.15) is 18.4 Å². The van der Waals surface area contributed by atoms with Crippen molar-refractivity contribution < 1.29 is 14.4 Å². The number of piperidine rings is 1. The van der Waals surface area contributed by atoms with Crippen LogP contribution in [0.15, 0.2) is 24.3 Å². The van der Waals surface area contributed by atoms with Gasteiger partial charge < -0.3 is 10.0 Å². The van der Waals surface area contributed by atoms with Crippen LogP contribution in [-0.4, -0.2) is 24.3 Å². The topological polar surface area (TPSA) is 24.7 Å². The molecule has 0 aliphatic carbocycles. The van der Waals surface area contributed by atoms with Crippen molar-refractivity contribution in [1.29, 1.82) is 0 Å². The number of benzene rings is 1. The van der Waals surface area contributed by atoms with E-state index in [0.717, 1.165) is 38.0 Å². The number of rotatable bonds is 2. The number of nitrogens with one attached hydrogen (secondary N) is 1. The van der Waals surface area contributed by atoms with E-state index in [4.69, 9.17) is 0 Å². The zero-order valence-corrected chi connectivity index (χ0v) is 8.75. The molecule has 1 aromatic carbocycles. The van der Waals surface area contributed by atoms with E-state index in [-0.39, 0.29) is 11.9 Å². The van der Waals surface area contributed by atoms with Crippen molar-refractivity contribution in [2.45, 2.75) is 25.5 Å². The number of aliphatic hydroxyl groups excluding tert-OH is 1. The third kappa shape index (κ3) is 3.01. The second-order valence-electron chi connectivity index (χ2n) is 4.31. The molecule has 2 atom stereocenters. The molecular weight excluding hydrogens is 193 g/mol. The van der Waals surface area contributed by atoms with Crippen molar-refractivity contribution in [3.05, 3.63) is 35.6 Å². The summed E-state index contributed by atoms with van der Waals surface area (Å²) in [6.45, 7) is 2.68. The van der Waals surface area contributed by atoms with Gasteiger partial charge in [0.1, 0.15) is 25.0 Å². The molecule has 0 radical (unpaired) electrons. The van der Waals surface area contributed by atoms with Crippen LogP contribution in [0.2, 0.25) is 0 Å². The summed E-state index contributed by atoms with van der Waals surface area (Å²) in [6, 6.07) is 6.72. The van der Waals surface area contributed by atoms with E-state index < -0.39 is 0 Å². The van der Waals surface area contributed by atoms with Gasteiger partial charge in [0.25, 0.3) is 0 Å². The monoisotopic (exact) mass is 210 g/mol. The fourth-order valence-electron chi connectivity index (χ4n) is 2.22. The Morgan fingerprint density at radius 1 is 1.47 bits per heavy atom. The number of hydrogen-bond donors (Lipinski definition) is 2. The average Bonchev–Trinajstić information content (AvgIpc) is 2.17. The maximum atomic E-state index is 12.9. The molecule has 2 N–H and O–H groups in total. The van der Waals surface area contributed by atoms with Crippen LogP contribution >= 0.6 is 0 Å². The first kappa shape index (κ1) is 10.6. The van der Waals surface area contributed by atoms with Gasteiger partial charge in [0, 0.05) is 5.56 Å². The fourth-order valence-corrected chi connectivity index (χ4v) is 2.22. The van der Waals surface area contributed by atoms with Gasteiger partial charge in [0.15, 0.2) is 0 Å². The third-order valence-electron chi connectivity index (χ3n) is 2.94. The Labute approximate surface area is 89.3 Å². The number of aliphatic hydroxyl groups is 1. The maximum Gasteiger partial charge on any atom is 0.123 e. The van der Waals surface area contributed by atoms with Gasteiger partial charge >= 0.3 is 0 Å². The summed E-state index contributed by atoms with van der Waals surface area (Å²) in [5.41, 5.74) is 1.01. The molecule has 0 saturated carbocycles. The third-order valence-corrected chi connectivity index (χ3v) is 2.94. The van der Waals surface area contributed by atoms with Gasteiger partial charge in [-0.05, 0) is 25.0 Å². The summed E-state index contributed by atoms with van der Waals surface area (Å²) in [4.78, 5) is 1.35. The minimum absolute atomic E-state index is 0.176. The number of likely N-dealkylation sites (tertiary alicyclic amines) is 1. The molecule has 2 nitrogen and oxygen atoms in total. The van der Waals surface area contributed by atoms with E-state index in [1.54, 1.807) is 12.1 Å². The highest BCUT2D eigenvalue weighted by molar-refractivity contribution is 5.14. The molecule has 0 bridgehead atoms. The average molecular weight is 210 g/mol. The van der Waals surface area contributed by atoms with Crippen molar-refractivity contribution in [1.82, 2.24) is 0 Å². The van der Waals surface area contributed by atoms with Crippen LogP contribution in [0, 0.1) is 5.82 Å². The van der Waals surface area contributed by atoms with E-state index in [1.807, 2.05) is 6.07 Å². The molecule has 2 rings (SSSR count). The molecular formula is C12H17FNO+. The standard InChI is InChI=1S/C12H16FNO/c13-11-4-1-3-10(7-11)8-14-6-2-5-12(15)9-14/h1,3-4,7,12,15H,2,5-6,8-9H2/p+1/t12-/m0/s1. The lowest BCUT2D eigenvalue weighted by Crippen LogP contribution is -3.12. The summed E-state index contributed by atoms with van der Waals surface area (Å²) < 4.78 is 12.9. The molecule has 1 aromatic rings. The molecule has 1 saturated heterocycles. The van der Waals surface area contributed by atoms with Crippen LogP contribution in [0.25, 0.3) is 0 Å². The molecule has 0 aromatic heterocycles. The predicted molar refractivity (Wildman–Crippen MR) is 56.0 cm³/mol. The van der Waals surface area contributed by atoms with Gasteiger partial charge in [-0.1, -0.05) is 12.1 Å². The zero-order chi connectivity index (χ0) is 10.7. The Morgan fingerprint density at radius 2 is 2.33 bits per heavy atom. The Balaban J connectivity index is 1.96. The Hall–Kier alpha value is -0.930. The molecule has 1 fully saturated rings. The second-order valence-corrected chi connectivity index (χ2v) is 4.31. The molecule has 1 aliphatic rings. The van der Waals surface area contributed by atoms with Crippen molar-refractivity contribution in [2.24, 2.45) is 0 Å². The van der Waals surface area contributed by atoms with Crippen molar-refractivity contribution in [3.8, 4) is 0 Å². The molecule has 1 unspecified atom stereocenters. The Bertz CT molecular complexity index is 329. The first-order valence-corrected chi connectivity index (χ1v) is 5.50. The summed E-state index contributed by atoms with van der Waals surface area (Å²) in [6.07, 6.45) is 1.79. The first-order valence-electron chi connectivity index (χ1n) is 5.50.